The van der Waals surface area contributed by atoms with Gasteiger partial charge in [-0.05, 0) is 56.7 Å². The third-order valence-corrected chi connectivity index (χ3v) is 5.57. The molecule has 1 amide bonds. The standard InChI is InChI=1S/C27H29N3O3/c1-19-12-14-21(15-13-19)27(31)28-20(2)26-29-24-10-4-5-11-25(24)30(26)16-7-17-33-23-9-6-8-22(18-23)32-3/h4-6,8-15,18,20H,7,16-17H2,1-3H3,(H,28,31). The Kier molecular flexibility index (Phi) is 6.93. The highest BCUT2D eigenvalue weighted by molar-refractivity contribution is 5.94. The molecule has 3 aromatic carbocycles. The Bertz CT molecular complexity index is 1230. The molecule has 0 radical (unpaired) electrons. The number of benzene rings is 3. The van der Waals surface area contributed by atoms with Crippen LogP contribution in [0.4, 0.5) is 0 Å². The van der Waals surface area contributed by atoms with E-state index in [1.54, 1.807) is 7.11 Å². The molecule has 1 heterocycles. The minimum Gasteiger partial charge on any atom is -0.497 e. The largest absolute Gasteiger partial charge is 0.497 e. The molecular weight excluding hydrogens is 414 g/mol. The number of ether oxygens (including phenoxy) is 2. The van der Waals surface area contributed by atoms with Crippen molar-refractivity contribution in [1.82, 2.24) is 14.9 Å². The summed E-state index contributed by atoms with van der Waals surface area (Å²) in [6.45, 7) is 5.26. The van der Waals surface area contributed by atoms with Crippen molar-refractivity contribution in [3.8, 4) is 11.5 Å². The number of methoxy groups -OCH3 is 1. The molecular formula is C27H29N3O3. The Labute approximate surface area is 194 Å². The van der Waals surface area contributed by atoms with Gasteiger partial charge in [0.25, 0.3) is 5.91 Å². The maximum Gasteiger partial charge on any atom is 0.251 e. The van der Waals surface area contributed by atoms with Gasteiger partial charge in [0.05, 0.1) is 30.8 Å². The number of carbonyl (C=O) groups is 1. The molecule has 1 N–H and O–H groups in total. The average molecular weight is 444 g/mol. The van der Waals surface area contributed by atoms with E-state index >= 15 is 0 Å². The van der Waals surface area contributed by atoms with Crippen molar-refractivity contribution in [2.24, 2.45) is 0 Å². The second-order valence-electron chi connectivity index (χ2n) is 8.05. The Hall–Kier alpha value is -3.80. The van der Waals surface area contributed by atoms with E-state index in [1.807, 2.05) is 80.6 Å². The van der Waals surface area contributed by atoms with Crippen LogP contribution in [0.5, 0.6) is 11.5 Å². The number of fused-ring (bicyclic) bond motifs is 1. The Morgan fingerprint density at radius 2 is 1.79 bits per heavy atom. The van der Waals surface area contributed by atoms with Gasteiger partial charge in [-0.1, -0.05) is 35.9 Å². The fourth-order valence-corrected chi connectivity index (χ4v) is 3.81. The highest BCUT2D eigenvalue weighted by Crippen LogP contribution is 2.23. The van der Waals surface area contributed by atoms with Gasteiger partial charge in [-0.3, -0.25) is 4.79 Å². The first-order valence-corrected chi connectivity index (χ1v) is 11.1. The third kappa shape index (κ3) is 5.34. The molecule has 1 unspecified atom stereocenters. The van der Waals surface area contributed by atoms with Gasteiger partial charge in [0.2, 0.25) is 0 Å². The quantitative estimate of drug-likeness (QED) is 0.356. The predicted octanol–water partition coefficient (Wildman–Crippen LogP) is 5.31. The van der Waals surface area contributed by atoms with Crippen LogP contribution in [-0.2, 0) is 6.54 Å². The number of aromatic nitrogens is 2. The van der Waals surface area contributed by atoms with Crippen LogP contribution >= 0.6 is 0 Å². The van der Waals surface area contributed by atoms with E-state index < -0.39 is 0 Å². The fourth-order valence-electron chi connectivity index (χ4n) is 3.81. The summed E-state index contributed by atoms with van der Waals surface area (Å²) in [5.74, 6) is 2.28. The van der Waals surface area contributed by atoms with Gasteiger partial charge in [-0.15, -0.1) is 0 Å². The summed E-state index contributed by atoms with van der Waals surface area (Å²) in [6, 6.07) is 23.0. The molecule has 0 fully saturated rings. The molecule has 0 aliphatic carbocycles. The van der Waals surface area contributed by atoms with Crippen LogP contribution in [0.25, 0.3) is 11.0 Å². The topological polar surface area (TPSA) is 65.4 Å². The highest BCUT2D eigenvalue weighted by Gasteiger charge is 2.19. The number of carbonyl (C=O) groups excluding carboxylic acids is 1. The number of aryl methyl sites for hydroxylation is 2. The maximum atomic E-state index is 12.8. The zero-order chi connectivity index (χ0) is 23.2. The van der Waals surface area contributed by atoms with Crippen molar-refractivity contribution in [1.29, 1.82) is 0 Å². The van der Waals surface area contributed by atoms with Crippen LogP contribution in [0.3, 0.4) is 0 Å². The number of nitrogens with one attached hydrogen (secondary N) is 1. The summed E-state index contributed by atoms with van der Waals surface area (Å²) < 4.78 is 13.3. The van der Waals surface area contributed by atoms with E-state index in [2.05, 4.69) is 16.0 Å². The molecule has 33 heavy (non-hydrogen) atoms. The number of rotatable bonds is 9. The second-order valence-corrected chi connectivity index (χ2v) is 8.05. The number of imidazole rings is 1. The van der Waals surface area contributed by atoms with Gasteiger partial charge >= 0.3 is 0 Å². The number of hydrogen-bond acceptors (Lipinski definition) is 4. The van der Waals surface area contributed by atoms with E-state index in [4.69, 9.17) is 14.5 Å². The van der Waals surface area contributed by atoms with Gasteiger partial charge in [0.15, 0.2) is 0 Å². The SMILES string of the molecule is COc1cccc(OCCCn2c(C(C)NC(=O)c3ccc(C)cc3)nc3ccccc32)c1. The highest BCUT2D eigenvalue weighted by atomic mass is 16.5. The van der Waals surface area contributed by atoms with Gasteiger partial charge in [-0.25, -0.2) is 4.98 Å². The Balaban J connectivity index is 1.46. The van der Waals surface area contributed by atoms with Crippen molar-refractivity contribution in [2.75, 3.05) is 13.7 Å². The van der Waals surface area contributed by atoms with E-state index in [0.717, 1.165) is 46.9 Å². The molecule has 1 aromatic heterocycles. The molecule has 0 spiro atoms. The van der Waals surface area contributed by atoms with Gasteiger partial charge in [0.1, 0.15) is 17.3 Å². The van der Waals surface area contributed by atoms with E-state index in [-0.39, 0.29) is 11.9 Å². The monoisotopic (exact) mass is 443 g/mol. The molecule has 4 rings (SSSR count). The zero-order valence-electron chi connectivity index (χ0n) is 19.2. The van der Waals surface area contributed by atoms with E-state index in [0.29, 0.717) is 12.2 Å². The summed E-state index contributed by atoms with van der Waals surface area (Å²) in [4.78, 5) is 17.6. The van der Waals surface area contributed by atoms with Crippen molar-refractivity contribution < 1.29 is 14.3 Å². The molecule has 0 saturated heterocycles. The zero-order valence-corrected chi connectivity index (χ0v) is 19.2. The van der Waals surface area contributed by atoms with Crippen LogP contribution in [-0.4, -0.2) is 29.2 Å². The number of para-hydroxylation sites is 2. The predicted molar refractivity (Wildman–Crippen MR) is 130 cm³/mol. The second kappa shape index (κ2) is 10.2. The summed E-state index contributed by atoms with van der Waals surface area (Å²) in [6.07, 6.45) is 0.795. The lowest BCUT2D eigenvalue weighted by molar-refractivity contribution is 0.0937. The summed E-state index contributed by atoms with van der Waals surface area (Å²) >= 11 is 0. The lowest BCUT2D eigenvalue weighted by Crippen LogP contribution is -2.28. The smallest absolute Gasteiger partial charge is 0.251 e. The molecule has 0 aliphatic rings. The van der Waals surface area contributed by atoms with E-state index in [9.17, 15) is 4.79 Å². The summed E-state index contributed by atoms with van der Waals surface area (Å²) in [5.41, 5.74) is 3.72. The number of nitrogens with zero attached hydrogens (tertiary/aromatic N) is 2. The van der Waals surface area contributed by atoms with Gasteiger partial charge in [0, 0.05) is 18.2 Å². The lowest BCUT2D eigenvalue weighted by Gasteiger charge is -2.17. The fraction of sp³-hybridized carbons (Fsp3) is 0.259. The van der Waals surface area contributed by atoms with Crippen LogP contribution in [0.15, 0.2) is 72.8 Å². The normalized spacial score (nSPS) is 11.8. The third-order valence-electron chi connectivity index (χ3n) is 5.57. The minimum atomic E-state index is -0.245. The Morgan fingerprint density at radius 1 is 1.03 bits per heavy atom. The van der Waals surface area contributed by atoms with Gasteiger partial charge in [-0.2, -0.15) is 0 Å². The summed E-state index contributed by atoms with van der Waals surface area (Å²) in [7, 11) is 1.64. The lowest BCUT2D eigenvalue weighted by atomic mass is 10.1. The maximum absolute atomic E-state index is 12.8. The van der Waals surface area contributed by atoms with Crippen LogP contribution in [0.1, 0.15) is 41.1 Å². The van der Waals surface area contributed by atoms with Crippen molar-refractivity contribution in [2.45, 2.75) is 32.9 Å². The molecule has 0 bridgehead atoms. The van der Waals surface area contributed by atoms with Crippen molar-refractivity contribution in [3.63, 3.8) is 0 Å². The minimum absolute atomic E-state index is 0.109. The number of amides is 1. The number of hydrogen-bond donors (Lipinski definition) is 1. The van der Waals surface area contributed by atoms with Gasteiger partial charge < -0.3 is 19.4 Å². The molecule has 0 aliphatic heterocycles. The molecule has 0 saturated carbocycles. The first-order valence-electron chi connectivity index (χ1n) is 11.1. The van der Waals surface area contributed by atoms with Crippen LogP contribution < -0.4 is 14.8 Å². The first kappa shape index (κ1) is 22.4. The molecule has 6 heteroatoms. The van der Waals surface area contributed by atoms with Crippen molar-refractivity contribution >= 4 is 16.9 Å². The van der Waals surface area contributed by atoms with Crippen LogP contribution in [0, 0.1) is 6.92 Å². The molecule has 170 valence electrons. The Morgan fingerprint density at radius 3 is 2.58 bits per heavy atom. The summed E-state index contributed by atoms with van der Waals surface area (Å²) in [5, 5.41) is 3.09. The molecule has 4 aromatic rings. The van der Waals surface area contributed by atoms with Crippen molar-refractivity contribution in [3.05, 3.63) is 89.7 Å². The average Bonchev–Trinajstić information content (AvgIpc) is 3.21. The van der Waals surface area contributed by atoms with Crippen LogP contribution in [0.2, 0.25) is 0 Å². The molecule has 1 atom stereocenters. The molecule has 6 nitrogen and oxygen atoms in total. The first-order chi connectivity index (χ1) is 16.0. The van der Waals surface area contributed by atoms with E-state index in [1.165, 1.54) is 0 Å².